The van der Waals surface area contributed by atoms with Crippen molar-refractivity contribution in [3.63, 3.8) is 0 Å². The number of aryl methyl sites for hydroxylation is 1. The van der Waals surface area contributed by atoms with Gasteiger partial charge < -0.3 is 15.8 Å². The van der Waals surface area contributed by atoms with Gasteiger partial charge in [0.1, 0.15) is 5.75 Å². The van der Waals surface area contributed by atoms with Crippen LogP contribution in [0, 0.1) is 6.92 Å². The van der Waals surface area contributed by atoms with E-state index in [-0.39, 0.29) is 0 Å². The molecule has 17 heavy (non-hydrogen) atoms. The van der Waals surface area contributed by atoms with Crippen molar-refractivity contribution in [2.75, 3.05) is 7.11 Å². The normalized spacial score (nSPS) is 11.7. The minimum Gasteiger partial charge on any atom is -0.496 e. The second-order valence-corrected chi connectivity index (χ2v) is 4.32. The third kappa shape index (κ3) is 4.34. The van der Waals surface area contributed by atoms with E-state index in [2.05, 4.69) is 10.3 Å². The number of rotatable bonds is 4. The van der Waals surface area contributed by atoms with Crippen LogP contribution in [-0.4, -0.2) is 19.1 Å². The Hall–Kier alpha value is -1.71. The van der Waals surface area contributed by atoms with Gasteiger partial charge in [0, 0.05) is 11.6 Å². The van der Waals surface area contributed by atoms with Crippen LogP contribution in [0.5, 0.6) is 5.75 Å². The molecule has 0 fully saturated rings. The van der Waals surface area contributed by atoms with E-state index in [1.165, 1.54) is 5.56 Å². The average Bonchev–Trinajstić information content (AvgIpc) is 2.26. The van der Waals surface area contributed by atoms with Crippen LogP contribution in [-0.2, 0) is 6.54 Å². The van der Waals surface area contributed by atoms with Gasteiger partial charge in [0.15, 0.2) is 5.96 Å². The second kappa shape index (κ2) is 6.13. The zero-order valence-corrected chi connectivity index (χ0v) is 10.9. The lowest BCUT2D eigenvalue weighted by Gasteiger charge is -2.10. The van der Waals surface area contributed by atoms with Crippen LogP contribution in [0.3, 0.4) is 0 Å². The van der Waals surface area contributed by atoms with Crippen LogP contribution in [0.4, 0.5) is 0 Å². The number of methoxy groups -OCH3 is 1. The van der Waals surface area contributed by atoms with Crippen molar-refractivity contribution in [3.05, 3.63) is 29.3 Å². The predicted octanol–water partition coefficient (Wildman–Crippen LogP) is 1.82. The summed E-state index contributed by atoms with van der Waals surface area (Å²) in [6, 6.07) is 6.34. The van der Waals surface area contributed by atoms with E-state index in [9.17, 15) is 0 Å². The summed E-state index contributed by atoms with van der Waals surface area (Å²) >= 11 is 0. The fourth-order valence-corrected chi connectivity index (χ4v) is 1.49. The Bertz CT molecular complexity index is 400. The minimum atomic E-state index is 0.290. The van der Waals surface area contributed by atoms with E-state index in [1.807, 2.05) is 39.0 Å². The van der Waals surface area contributed by atoms with E-state index in [0.717, 1.165) is 11.3 Å². The Kier molecular flexibility index (Phi) is 4.82. The number of ether oxygens (including phenoxy) is 1. The van der Waals surface area contributed by atoms with Crippen molar-refractivity contribution >= 4 is 5.96 Å². The SMILES string of the molecule is COc1cc(C)ccc1CN=C(N)NC(C)C. The van der Waals surface area contributed by atoms with Crippen LogP contribution in [0.1, 0.15) is 25.0 Å². The first-order valence-electron chi connectivity index (χ1n) is 5.73. The number of guanidine groups is 1. The highest BCUT2D eigenvalue weighted by atomic mass is 16.5. The molecule has 0 saturated heterocycles. The Morgan fingerprint density at radius 1 is 1.47 bits per heavy atom. The molecule has 1 rings (SSSR count). The van der Waals surface area contributed by atoms with Crippen LogP contribution in [0.2, 0.25) is 0 Å². The molecule has 94 valence electrons. The quantitative estimate of drug-likeness (QED) is 0.618. The van der Waals surface area contributed by atoms with Crippen molar-refractivity contribution in [1.82, 2.24) is 5.32 Å². The highest BCUT2D eigenvalue weighted by molar-refractivity contribution is 5.78. The van der Waals surface area contributed by atoms with Crippen molar-refractivity contribution < 1.29 is 4.74 Å². The van der Waals surface area contributed by atoms with Crippen molar-refractivity contribution in [2.24, 2.45) is 10.7 Å². The van der Waals surface area contributed by atoms with E-state index in [1.54, 1.807) is 7.11 Å². The molecule has 4 nitrogen and oxygen atoms in total. The highest BCUT2D eigenvalue weighted by Gasteiger charge is 2.02. The molecule has 0 aromatic heterocycles. The van der Waals surface area contributed by atoms with Crippen molar-refractivity contribution in [3.8, 4) is 5.75 Å². The van der Waals surface area contributed by atoms with Gasteiger partial charge in [-0.1, -0.05) is 12.1 Å². The second-order valence-electron chi connectivity index (χ2n) is 4.32. The van der Waals surface area contributed by atoms with Gasteiger partial charge in [-0.2, -0.15) is 0 Å². The topological polar surface area (TPSA) is 59.6 Å². The largest absolute Gasteiger partial charge is 0.496 e. The molecule has 0 spiro atoms. The van der Waals surface area contributed by atoms with Crippen LogP contribution >= 0.6 is 0 Å². The number of nitrogens with zero attached hydrogens (tertiary/aromatic N) is 1. The highest BCUT2D eigenvalue weighted by Crippen LogP contribution is 2.20. The predicted molar refractivity (Wildman–Crippen MR) is 71.3 cm³/mol. The third-order valence-corrected chi connectivity index (χ3v) is 2.30. The maximum atomic E-state index is 5.74. The number of nitrogens with one attached hydrogen (secondary N) is 1. The minimum absolute atomic E-state index is 0.290. The van der Waals surface area contributed by atoms with Gasteiger partial charge >= 0.3 is 0 Å². The smallest absolute Gasteiger partial charge is 0.189 e. The lowest BCUT2D eigenvalue weighted by molar-refractivity contribution is 0.409. The molecule has 1 aromatic carbocycles. The molecule has 0 aliphatic heterocycles. The number of hydrogen-bond donors (Lipinski definition) is 2. The lowest BCUT2D eigenvalue weighted by Crippen LogP contribution is -2.36. The number of nitrogens with two attached hydrogens (primary N) is 1. The van der Waals surface area contributed by atoms with Gasteiger partial charge in [0.25, 0.3) is 0 Å². The van der Waals surface area contributed by atoms with E-state index in [0.29, 0.717) is 18.5 Å². The van der Waals surface area contributed by atoms with E-state index in [4.69, 9.17) is 10.5 Å². The number of hydrogen-bond acceptors (Lipinski definition) is 2. The molecule has 0 unspecified atom stereocenters. The van der Waals surface area contributed by atoms with Crippen LogP contribution in [0.25, 0.3) is 0 Å². The Morgan fingerprint density at radius 2 is 2.18 bits per heavy atom. The molecule has 0 amide bonds. The molecule has 0 radical (unpaired) electrons. The average molecular weight is 235 g/mol. The zero-order valence-electron chi connectivity index (χ0n) is 10.9. The summed E-state index contributed by atoms with van der Waals surface area (Å²) in [5.41, 5.74) is 7.95. The summed E-state index contributed by atoms with van der Waals surface area (Å²) in [6.07, 6.45) is 0. The molecule has 0 saturated carbocycles. The Labute approximate surface area is 103 Å². The first kappa shape index (κ1) is 13.4. The van der Waals surface area contributed by atoms with Gasteiger partial charge in [-0.05, 0) is 32.4 Å². The molecular formula is C13H21N3O. The van der Waals surface area contributed by atoms with Crippen molar-refractivity contribution in [2.45, 2.75) is 33.4 Å². The summed E-state index contributed by atoms with van der Waals surface area (Å²) in [5, 5.41) is 3.05. The maximum absolute atomic E-state index is 5.74. The van der Waals surface area contributed by atoms with Gasteiger partial charge in [-0.25, -0.2) is 4.99 Å². The van der Waals surface area contributed by atoms with Crippen LogP contribution in [0.15, 0.2) is 23.2 Å². The molecule has 4 heteroatoms. The summed E-state index contributed by atoms with van der Waals surface area (Å²) in [6.45, 7) is 6.60. The monoisotopic (exact) mass is 235 g/mol. The molecule has 0 bridgehead atoms. The third-order valence-electron chi connectivity index (χ3n) is 2.30. The standard InChI is InChI=1S/C13H21N3O/c1-9(2)16-13(14)15-8-11-6-5-10(3)7-12(11)17-4/h5-7,9H,8H2,1-4H3,(H3,14,15,16). The maximum Gasteiger partial charge on any atom is 0.189 e. The lowest BCUT2D eigenvalue weighted by atomic mass is 10.1. The van der Waals surface area contributed by atoms with Gasteiger partial charge in [0.05, 0.1) is 13.7 Å². The van der Waals surface area contributed by atoms with Gasteiger partial charge in [-0.15, -0.1) is 0 Å². The summed E-state index contributed by atoms with van der Waals surface area (Å²) in [4.78, 5) is 4.28. The fraction of sp³-hybridized carbons (Fsp3) is 0.462. The van der Waals surface area contributed by atoms with Crippen molar-refractivity contribution in [1.29, 1.82) is 0 Å². The zero-order chi connectivity index (χ0) is 12.8. The molecule has 3 N–H and O–H groups in total. The molecule has 0 heterocycles. The summed E-state index contributed by atoms with van der Waals surface area (Å²) < 4.78 is 5.31. The number of aliphatic imine (C=N–C) groups is 1. The summed E-state index contributed by atoms with van der Waals surface area (Å²) in [7, 11) is 1.66. The molecular weight excluding hydrogens is 214 g/mol. The van der Waals surface area contributed by atoms with E-state index >= 15 is 0 Å². The summed E-state index contributed by atoms with van der Waals surface area (Å²) in [5.74, 6) is 1.31. The molecule has 0 aliphatic rings. The van der Waals surface area contributed by atoms with Gasteiger partial charge in [-0.3, -0.25) is 0 Å². The van der Waals surface area contributed by atoms with Gasteiger partial charge in [0.2, 0.25) is 0 Å². The first-order chi connectivity index (χ1) is 8.02. The first-order valence-corrected chi connectivity index (χ1v) is 5.73. The molecule has 0 aliphatic carbocycles. The number of benzene rings is 1. The fourth-order valence-electron chi connectivity index (χ4n) is 1.49. The van der Waals surface area contributed by atoms with E-state index < -0.39 is 0 Å². The molecule has 1 aromatic rings. The Morgan fingerprint density at radius 3 is 2.76 bits per heavy atom. The molecule has 0 atom stereocenters. The van der Waals surface area contributed by atoms with Crippen LogP contribution < -0.4 is 15.8 Å². The Balaban J connectivity index is 2.74.